The molecular weight excluding hydrogens is 214 g/mol. The van der Waals surface area contributed by atoms with Crippen LogP contribution in [0.1, 0.15) is 5.56 Å². The molecule has 0 spiro atoms. The Bertz CT molecular complexity index is 686. The van der Waals surface area contributed by atoms with E-state index in [0.717, 1.165) is 28.3 Å². The summed E-state index contributed by atoms with van der Waals surface area (Å²) in [7, 11) is 0. The Morgan fingerprint density at radius 2 is 2.06 bits per heavy atom. The van der Waals surface area contributed by atoms with Gasteiger partial charge in [-0.2, -0.15) is 0 Å². The van der Waals surface area contributed by atoms with Crippen molar-refractivity contribution in [1.82, 2.24) is 19.6 Å². The number of hydrogen-bond acceptors (Lipinski definition) is 4. The lowest BCUT2D eigenvalue weighted by molar-refractivity contribution is 1.08. The van der Waals surface area contributed by atoms with Gasteiger partial charge in [-0.3, -0.25) is 4.40 Å². The molecule has 0 amide bonds. The van der Waals surface area contributed by atoms with Crippen molar-refractivity contribution in [2.75, 3.05) is 5.73 Å². The average molecular weight is 225 g/mol. The summed E-state index contributed by atoms with van der Waals surface area (Å²) in [5.41, 5.74) is 9.41. The first-order chi connectivity index (χ1) is 8.27. The highest BCUT2D eigenvalue weighted by Gasteiger charge is 2.11. The molecule has 5 nitrogen and oxygen atoms in total. The molecule has 0 saturated heterocycles. The van der Waals surface area contributed by atoms with Gasteiger partial charge in [0.05, 0.1) is 0 Å². The Labute approximate surface area is 97.9 Å². The number of nitrogen functional groups attached to an aromatic ring is 1. The fourth-order valence-corrected chi connectivity index (χ4v) is 1.83. The van der Waals surface area contributed by atoms with Crippen LogP contribution in [-0.4, -0.2) is 19.6 Å². The van der Waals surface area contributed by atoms with Crippen molar-refractivity contribution in [3.05, 3.63) is 42.4 Å². The molecule has 2 N–H and O–H groups in total. The predicted molar refractivity (Wildman–Crippen MR) is 65.4 cm³/mol. The van der Waals surface area contributed by atoms with Gasteiger partial charge in [-0.25, -0.2) is 4.98 Å². The summed E-state index contributed by atoms with van der Waals surface area (Å²) in [6.07, 6.45) is 3.40. The van der Waals surface area contributed by atoms with Crippen LogP contribution in [0.2, 0.25) is 0 Å². The lowest BCUT2D eigenvalue weighted by Crippen LogP contribution is -1.96. The maximum atomic E-state index is 5.90. The number of benzene rings is 1. The maximum Gasteiger partial charge on any atom is 0.169 e. The molecule has 84 valence electrons. The van der Waals surface area contributed by atoms with E-state index in [1.807, 2.05) is 35.6 Å². The normalized spacial score (nSPS) is 10.9. The zero-order valence-corrected chi connectivity index (χ0v) is 9.33. The average Bonchev–Trinajstić information content (AvgIpc) is 2.77. The summed E-state index contributed by atoms with van der Waals surface area (Å²) in [5.74, 6) is 0.762. The van der Waals surface area contributed by atoms with Crippen LogP contribution in [-0.2, 0) is 0 Å². The van der Waals surface area contributed by atoms with Crippen LogP contribution in [0.15, 0.2) is 36.8 Å². The van der Waals surface area contributed by atoms with Crippen LogP contribution < -0.4 is 5.73 Å². The molecule has 2 aromatic heterocycles. The summed E-state index contributed by atoms with van der Waals surface area (Å²) >= 11 is 0. The lowest BCUT2D eigenvalue weighted by Gasteiger charge is -2.06. The quantitative estimate of drug-likeness (QED) is 0.640. The zero-order valence-electron chi connectivity index (χ0n) is 9.33. The van der Waals surface area contributed by atoms with Crippen LogP contribution in [0.4, 0.5) is 5.69 Å². The van der Waals surface area contributed by atoms with E-state index in [4.69, 9.17) is 5.73 Å². The second kappa shape index (κ2) is 3.55. The van der Waals surface area contributed by atoms with E-state index >= 15 is 0 Å². The van der Waals surface area contributed by atoms with E-state index in [9.17, 15) is 0 Å². The molecule has 0 unspecified atom stereocenters. The first-order valence-electron chi connectivity index (χ1n) is 5.27. The Morgan fingerprint density at radius 3 is 2.94 bits per heavy atom. The molecule has 0 aliphatic carbocycles. The summed E-state index contributed by atoms with van der Waals surface area (Å²) in [6.45, 7) is 1.97. The summed E-state index contributed by atoms with van der Waals surface area (Å²) in [5, 5.41) is 8.28. The zero-order chi connectivity index (χ0) is 11.8. The standard InChI is InChI=1S/C12H11N5/c1-8-9(3-2-4-10(8)13)12-16-15-11-5-6-14-7-17(11)12/h2-7H,13H2,1H3. The Morgan fingerprint density at radius 1 is 1.18 bits per heavy atom. The third kappa shape index (κ3) is 1.44. The van der Waals surface area contributed by atoms with Crippen molar-refractivity contribution < 1.29 is 0 Å². The minimum Gasteiger partial charge on any atom is -0.398 e. The van der Waals surface area contributed by atoms with Crippen LogP contribution in [0.5, 0.6) is 0 Å². The topological polar surface area (TPSA) is 69.1 Å². The lowest BCUT2D eigenvalue weighted by atomic mass is 10.1. The number of anilines is 1. The van der Waals surface area contributed by atoms with Gasteiger partial charge in [-0.1, -0.05) is 12.1 Å². The monoisotopic (exact) mass is 225 g/mol. The minimum absolute atomic E-state index is 0.753. The van der Waals surface area contributed by atoms with Gasteiger partial charge in [0.2, 0.25) is 0 Å². The molecular formula is C12H11N5. The number of hydrogen-bond donors (Lipinski definition) is 1. The molecule has 3 rings (SSSR count). The van der Waals surface area contributed by atoms with Crippen LogP contribution >= 0.6 is 0 Å². The van der Waals surface area contributed by atoms with E-state index in [0.29, 0.717) is 0 Å². The molecule has 5 heteroatoms. The predicted octanol–water partition coefficient (Wildman–Crippen LogP) is 1.68. The van der Waals surface area contributed by atoms with Gasteiger partial charge in [0.15, 0.2) is 11.5 Å². The summed E-state index contributed by atoms with van der Waals surface area (Å²) < 4.78 is 1.85. The summed E-state index contributed by atoms with van der Waals surface area (Å²) in [4.78, 5) is 4.08. The van der Waals surface area contributed by atoms with E-state index in [1.54, 1.807) is 12.5 Å². The molecule has 2 heterocycles. The fourth-order valence-electron chi connectivity index (χ4n) is 1.83. The Balaban J connectivity index is 2.31. The van der Waals surface area contributed by atoms with Crippen LogP contribution in [0.3, 0.4) is 0 Å². The van der Waals surface area contributed by atoms with Gasteiger partial charge in [0, 0.05) is 23.5 Å². The third-order valence-corrected chi connectivity index (χ3v) is 2.83. The van der Waals surface area contributed by atoms with Gasteiger partial charge in [0.1, 0.15) is 6.33 Å². The highest BCUT2D eigenvalue weighted by Crippen LogP contribution is 2.25. The van der Waals surface area contributed by atoms with Gasteiger partial charge in [0.25, 0.3) is 0 Å². The third-order valence-electron chi connectivity index (χ3n) is 2.83. The second-order valence-corrected chi connectivity index (χ2v) is 3.85. The maximum absolute atomic E-state index is 5.90. The highest BCUT2D eigenvalue weighted by molar-refractivity contribution is 5.69. The number of aromatic nitrogens is 4. The number of fused-ring (bicyclic) bond motifs is 1. The van der Waals surface area contributed by atoms with Gasteiger partial charge >= 0.3 is 0 Å². The van der Waals surface area contributed by atoms with Gasteiger partial charge < -0.3 is 5.73 Å². The highest BCUT2D eigenvalue weighted by atomic mass is 15.3. The molecule has 3 aromatic rings. The largest absolute Gasteiger partial charge is 0.398 e. The Kier molecular flexibility index (Phi) is 2.04. The smallest absolute Gasteiger partial charge is 0.169 e. The number of rotatable bonds is 1. The van der Waals surface area contributed by atoms with Gasteiger partial charge in [-0.15, -0.1) is 10.2 Å². The first kappa shape index (κ1) is 9.77. The van der Waals surface area contributed by atoms with Gasteiger partial charge in [-0.05, 0) is 18.6 Å². The molecule has 0 aliphatic heterocycles. The molecule has 1 aromatic carbocycles. The van der Waals surface area contributed by atoms with Crippen molar-refractivity contribution >= 4 is 11.3 Å². The first-order valence-corrected chi connectivity index (χ1v) is 5.27. The summed E-state index contributed by atoms with van der Waals surface area (Å²) in [6, 6.07) is 7.59. The van der Waals surface area contributed by atoms with Crippen molar-refractivity contribution in [2.24, 2.45) is 0 Å². The molecule has 0 bridgehead atoms. The van der Waals surface area contributed by atoms with Crippen LogP contribution in [0.25, 0.3) is 17.0 Å². The van der Waals surface area contributed by atoms with E-state index < -0.39 is 0 Å². The van der Waals surface area contributed by atoms with E-state index in [2.05, 4.69) is 15.2 Å². The molecule has 0 radical (unpaired) electrons. The number of nitrogens with two attached hydrogens (primary N) is 1. The van der Waals surface area contributed by atoms with Crippen molar-refractivity contribution in [2.45, 2.75) is 6.92 Å². The second-order valence-electron chi connectivity index (χ2n) is 3.85. The molecule has 0 fully saturated rings. The molecule has 0 saturated carbocycles. The van der Waals surface area contributed by atoms with E-state index in [1.165, 1.54) is 0 Å². The van der Waals surface area contributed by atoms with Crippen molar-refractivity contribution in [3.8, 4) is 11.4 Å². The van der Waals surface area contributed by atoms with E-state index in [-0.39, 0.29) is 0 Å². The molecule has 0 atom stereocenters. The fraction of sp³-hybridized carbons (Fsp3) is 0.0833. The van der Waals surface area contributed by atoms with Crippen molar-refractivity contribution in [1.29, 1.82) is 0 Å². The SMILES string of the molecule is Cc1c(N)cccc1-c1nnc2ccncn12. The Hall–Kier alpha value is -2.43. The molecule has 0 aliphatic rings. The number of nitrogens with zero attached hydrogens (tertiary/aromatic N) is 4. The van der Waals surface area contributed by atoms with Crippen molar-refractivity contribution in [3.63, 3.8) is 0 Å². The van der Waals surface area contributed by atoms with Crippen LogP contribution in [0, 0.1) is 6.92 Å². The molecule has 17 heavy (non-hydrogen) atoms. The minimum atomic E-state index is 0.753.